The van der Waals surface area contributed by atoms with Gasteiger partial charge in [0.2, 0.25) is 5.91 Å². The van der Waals surface area contributed by atoms with E-state index in [1.165, 1.54) is 4.90 Å². The number of amides is 1. The molecule has 2 rings (SSSR count). The molecule has 0 N–H and O–H groups in total. The highest BCUT2D eigenvalue weighted by Gasteiger charge is 2.09. The lowest BCUT2D eigenvalue weighted by atomic mass is 10.2. The molecule has 0 bridgehead atoms. The predicted octanol–water partition coefficient (Wildman–Crippen LogP) is 1.69. The molecular weight excluding hydrogens is 252 g/mol. The zero-order valence-corrected chi connectivity index (χ0v) is 10.9. The molecule has 2 aromatic heterocycles. The Kier molecular flexibility index (Phi) is 3.62. The van der Waals surface area contributed by atoms with E-state index >= 15 is 0 Å². The topological polar surface area (TPSA) is 51.0 Å². The monoisotopic (exact) mass is 264 g/mol. The Hall–Kier alpha value is -1.88. The second-order valence-electron chi connectivity index (χ2n) is 4.06. The third kappa shape index (κ3) is 2.68. The molecule has 0 radical (unpaired) electrons. The van der Waals surface area contributed by atoms with Crippen molar-refractivity contribution in [3.8, 4) is 11.1 Å². The lowest BCUT2D eigenvalue weighted by molar-refractivity contribution is -0.129. The van der Waals surface area contributed by atoms with E-state index in [1.807, 2.05) is 12.1 Å². The third-order valence-electron chi connectivity index (χ3n) is 2.50. The highest BCUT2D eigenvalue weighted by atomic mass is 35.5. The number of hydrogen-bond donors (Lipinski definition) is 0. The van der Waals surface area contributed by atoms with Crippen LogP contribution in [0.5, 0.6) is 0 Å². The molecule has 18 heavy (non-hydrogen) atoms. The van der Waals surface area contributed by atoms with E-state index in [2.05, 4.69) is 10.1 Å². The van der Waals surface area contributed by atoms with E-state index in [-0.39, 0.29) is 12.5 Å². The fraction of sp³-hybridized carbons (Fsp3) is 0.250. The van der Waals surface area contributed by atoms with Gasteiger partial charge in [-0.05, 0) is 12.1 Å². The van der Waals surface area contributed by atoms with Crippen molar-refractivity contribution in [3.63, 3.8) is 0 Å². The van der Waals surface area contributed by atoms with Gasteiger partial charge in [-0.1, -0.05) is 11.6 Å². The summed E-state index contributed by atoms with van der Waals surface area (Å²) in [4.78, 5) is 17.1. The quantitative estimate of drug-likeness (QED) is 0.793. The molecule has 94 valence electrons. The van der Waals surface area contributed by atoms with E-state index in [1.54, 1.807) is 37.4 Å². The van der Waals surface area contributed by atoms with Gasteiger partial charge in [-0.3, -0.25) is 9.48 Å². The van der Waals surface area contributed by atoms with Crippen LogP contribution in [0.15, 0.2) is 30.7 Å². The summed E-state index contributed by atoms with van der Waals surface area (Å²) < 4.78 is 1.58. The van der Waals surface area contributed by atoms with Crippen LogP contribution in [0, 0.1) is 0 Å². The number of pyridine rings is 1. The van der Waals surface area contributed by atoms with E-state index in [9.17, 15) is 4.79 Å². The highest BCUT2D eigenvalue weighted by Crippen LogP contribution is 2.24. The van der Waals surface area contributed by atoms with Crippen LogP contribution in [0.3, 0.4) is 0 Å². The van der Waals surface area contributed by atoms with E-state index in [0.717, 1.165) is 11.1 Å². The average Bonchev–Trinajstić information content (AvgIpc) is 2.77. The Morgan fingerprint density at radius 1 is 1.50 bits per heavy atom. The van der Waals surface area contributed by atoms with Gasteiger partial charge in [-0.2, -0.15) is 5.10 Å². The molecule has 0 aliphatic heterocycles. The summed E-state index contributed by atoms with van der Waals surface area (Å²) in [7, 11) is 3.43. The van der Waals surface area contributed by atoms with Gasteiger partial charge in [0, 0.05) is 37.6 Å². The molecule has 0 spiro atoms. The van der Waals surface area contributed by atoms with Crippen LogP contribution >= 0.6 is 11.6 Å². The SMILES string of the molecule is CN(C)C(=O)Cn1cc(-c2cccnc2Cl)cn1. The van der Waals surface area contributed by atoms with Crippen molar-refractivity contribution in [1.29, 1.82) is 0 Å². The summed E-state index contributed by atoms with van der Waals surface area (Å²) in [5.41, 5.74) is 1.65. The summed E-state index contributed by atoms with van der Waals surface area (Å²) in [6.07, 6.45) is 5.09. The normalized spacial score (nSPS) is 10.4. The van der Waals surface area contributed by atoms with Crippen LogP contribution in [-0.4, -0.2) is 39.7 Å². The van der Waals surface area contributed by atoms with Crippen molar-refractivity contribution in [3.05, 3.63) is 35.9 Å². The Morgan fingerprint density at radius 2 is 2.28 bits per heavy atom. The zero-order valence-electron chi connectivity index (χ0n) is 10.2. The van der Waals surface area contributed by atoms with E-state index in [0.29, 0.717) is 5.15 Å². The molecule has 5 nitrogen and oxygen atoms in total. The number of carbonyl (C=O) groups is 1. The van der Waals surface area contributed by atoms with Crippen molar-refractivity contribution in [2.75, 3.05) is 14.1 Å². The minimum Gasteiger partial charge on any atom is -0.347 e. The molecule has 0 saturated carbocycles. The second-order valence-corrected chi connectivity index (χ2v) is 4.41. The van der Waals surface area contributed by atoms with Crippen molar-refractivity contribution in [2.24, 2.45) is 0 Å². The van der Waals surface area contributed by atoms with Crippen LogP contribution in [0.25, 0.3) is 11.1 Å². The first-order valence-corrected chi connectivity index (χ1v) is 5.79. The number of halogens is 1. The van der Waals surface area contributed by atoms with E-state index in [4.69, 9.17) is 11.6 Å². The maximum atomic E-state index is 11.6. The van der Waals surface area contributed by atoms with Crippen molar-refractivity contribution < 1.29 is 4.79 Å². The molecule has 0 unspecified atom stereocenters. The van der Waals surface area contributed by atoms with Gasteiger partial charge >= 0.3 is 0 Å². The smallest absolute Gasteiger partial charge is 0.243 e. The number of hydrogen-bond acceptors (Lipinski definition) is 3. The number of rotatable bonds is 3. The van der Waals surface area contributed by atoms with Crippen LogP contribution in [0.4, 0.5) is 0 Å². The Labute approximate surface area is 110 Å². The molecule has 2 aromatic rings. The van der Waals surface area contributed by atoms with Gasteiger partial charge in [-0.25, -0.2) is 4.98 Å². The van der Waals surface area contributed by atoms with Crippen molar-refractivity contribution >= 4 is 17.5 Å². The zero-order chi connectivity index (χ0) is 13.1. The lowest BCUT2D eigenvalue weighted by Gasteiger charge is -2.09. The molecule has 0 atom stereocenters. The van der Waals surface area contributed by atoms with Gasteiger partial charge in [-0.15, -0.1) is 0 Å². The molecule has 0 aliphatic rings. The van der Waals surface area contributed by atoms with Gasteiger partial charge in [0.1, 0.15) is 11.7 Å². The first kappa shape index (κ1) is 12.6. The predicted molar refractivity (Wildman–Crippen MR) is 69.2 cm³/mol. The molecule has 1 amide bonds. The number of aromatic nitrogens is 3. The average molecular weight is 265 g/mol. The number of nitrogens with zero attached hydrogens (tertiary/aromatic N) is 4. The Balaban J connectivity index is 2.21. The Bertz CT molecular complexity index is 565. The molecule has 0 fully saturated rings. The van der Waals surface area contributed by atoms with Gasteiger partial charge in [0.25, 0.3) is 0 Å². The molecule has 0 aromatic carbocycles. The maximum Gasteiger partial charge on any atom is 0.243 e. The minimum atomic E-state index is -0.0121. The number of likely N-dealkylation sites (N-methyl/N-ethyl adjacent to an activating group) is 1. The van der Waals surface area contributed by atoms with Gasteiger partial charge in [0.15, 0.2) is 0 Å². The standard InChI is InChI=1S/C12H13ClN4O/c1-16(2)11(18)8-17-7-9(6-15-17)10-4-3-5-14-12(10)13/h3-7H,8H2,1-2H3. The Morgan fingerprint density at radius 3 is 2.94 bits per heavy atom. The summed E-state index contributed by atoms with van der Waals surface area (Å²) >= 11 is 6.00. The largest absolute Gasteiger partial charge is 0.347 e. The molecular formula is C12H13ClN4O. The molecule has 0 saturated heterocycles. The lowest BCUT2D eigenvalue weighted by Crippen LogP contribution is -2.26. The summed E-state index contributed by atoms with van der Waals surface area (Å²) in [5, 5.41) is 4.57. The van der Waals surface area contributed by atoms with Crippen LogP contribution in [0.2, 0.25) is 5.15 Å². The minimum absolute atomic E-state index is 0.0121. The summed E-state index contributed by atoms with van der Waals surface area (Å²) in [5.74, 6) is -0.0121. The maximum absolute atomic E-state index is 11.6. The summed E-state index contributed by atoms with van der Waals surface area (Å²) in [6, 6.07) is 3.67. The van der Waals surface area contributed by atoms with Crippen LogP contribution in [-0.2, 0) is 11.3 Å². The molecule has 6 heteroatoms. The van der Waals surface area contributed by atoms with Crippen molar-refractivity contribution in [2.45, 2.75) is 6.54 Å². The first-order valence-electron chi connectivity index (χ1n) is 5.41. The fourth-order valence-corrected chi connectivity index (χ4v) is 1.70. The van der Waals surface area contributed by atoms with Crippen LogP contribution < -0.4 is 0 Å². The van der Waals surface area contributed by atoms with Gasteiger partial charge < -0.3 is 4.90 Å². The third-order valence-corrected chi connectivity index (χ3v) is 2.80. The first-order chi connectivity index (χ1) is 8.58. The molecule has 2 heterocycles. The fourth-order valence-electron chi connectivity index (χ4n) is 1.47. The summed E-state index contributed by atoms with van der Waals surface area (Å²) in [6.45, 7) is 0.213. The van der Waals surface area contributed by atoms with Crippen LogP contribution in [0.1, 0.15) is 0 Å². The highest BCUT2D eigenvalue weighted by molar-refractivity contribution is 6.32. The van der Waals surface area contributed by atoms with Gasteiger partial charge in [0.05, 0.1) is 6.20 Å². The molecule has 0 aliphatic carbocycles. The van der Waals surface area contributed by atoms with E-state index < -0.39 is 0 Å². The second kappa shape index (κ2) is 5.18. The van der Waals surface area contributed by atoms with Crippen molar-refractivity contribution in [1.82, 2.24) is 19.7 Å². The number of carbonyl (C=O) groups excluding carboxylic acids is 1.